The monoisotopic (exact) mass is 197 g/mol. The van der Waals surface area contributed by atoms with Crippen molar-refractivity contribution in [3.63, 3.8) is 0 Å². The highest BCUT2D eigenvalue weighted by Crippen LogP contribution is 1.98. The summed E-state index contributed by atoms with van der Waals surface area (Å²) in [4.78, 5) is 0. The molecule has 0 radical (unpaired) electrons. The Kier molecular flexibility index (Phi) is 4.50. The van der Waals surface area contributed by atoms with Gasteiger partial charge >= 0.3 is 0 Å². The van der Waals surface area contributed by atoms with Gasteiger partial charge < -0.3 is 5.32 Å². The molecule has 0 heterocycles. The first kappa shape index (κ1) is 10.8. The standard InChI is InChI=1S/C12H11N3/c13-8-12(9-14)10-15-7-6-11-4-2-1-3-5-11/h1-5,10,15H,6-7H2. The van der Waals surface area contributed by atoms with Crippen LogP contribution >= 0.6 is 0 Å². The number of hydrogen-bond donors (Lipinski definition) is 1. The van der Waals surface area contributed by atoms with Crippen LogP contribution in [0.4, 0.5) is 0 Å². The molecule has 0 unspecified atom stereocenters. The van der Waals surface area contributed by atoms with Crippen molar-refractivity contribution in [3.05, 3.63) is 47.7 Å². The Hall–Kier alpha value is -2.26. The largest absolute Gasteiger partial charge is 0.389 e. The summed E-state index contributed by atoms with van der Waals surface area (Å²) in [5, 5.41) is 19.9. The first-order chi connectivity index (χ1) is 7.36. The lowest BCUT2D eigenvalue weighted by molar-refractivity contribution is 0.830. The van der Waals surface area contributed by atoms with Crippen LogP contribution in [0.1, 0.15) is 5.56 Å². The second-order valence-corrected chi connectivity index (χ2v) is 2.97. The molecule has 3 nitrogen and oxygen atoms in total. The van der Waals surface area contributed by atoms with Gasteiger partial charge in [0, 0.05) is 12.7 Å². The van der Waals surface area contributed by atoms with Gasteiger partial charge in [-0.15, -0.1) is 0 Å². The van der Waals surface area contributed by atoms with Crippen LogP contribution in [0.3, 0.4) is 0 Å². The molecule has 0 aliphatic heterocycles. The van der Waals surface area contributed by atoms with Crippen LogP contribution in [0, 0.1) is 22.7 Å². The molecule has 0 aromatic heterocycles. The van der Waals surface area contributed by atoms with Crippen LogP contribution in [0.15, 0.2) is 42.1 Å². The Morgan fingerprint density at radius 1 is 1.20 bits per heavy atom. The minimum Gasteiger partial charge on any atom is -0.389 e. The third-order valence-electron chi connectivity index (χ3n) is 1.89. The van der Waals surface area contributed by atoms with E-state index in [9.17, 15) is 0 Å². The Bertz CT molecular complexity index is 391. The van der Waals surface area contributed by atoms with E-state index in [-0.39, 0.29) is 5.57 Å². The molecule has 0 saturated heterocycles. The summed E-state index contributed by atoms with van der Waals surface area (Å²) in [6.45, 7) is 0.719. The van der Waals surface area contributed by atoms with Crippen molar-refractivity contribution >= 4 is 0 Å². The molecule has 0 aliphatic carbocycles. The van der Waals surface area contributed by atoms with Crippen LogP contribution < -0.4 is 5.32 Å². The van der Waals surface area contributed by atoms with E-state index in [1.807, 2.05) is 30.3 Å². The summed E-state index contributed by atoms with van der Waals surface area (Å²) in [5.74, 6) is 0. The zero-order chi connectivity index (χ0) is 10.9. The van der Waals surface area contributed by atoms with Crippen LogP contribution in [-0.2, 0) is 6.42 Å². The van der Waals surface area contributed by atoms with Crippen molar-refractivity contribution in [1.29, 1.82) is 10.5 Å². The van der Waals surface area contributed by atoms with Gasteiger partial charge in [0.1, 0.15) is 17.7 Å². The Morgan fingerprint density at radius 2 is 1.87 bits per heavy atom. The maximum absolute atomic E-state index is 8.46. The molecule has 0 atom stereocenters. The van der Waals surface area contributed by atoms with E-state index < -0.39 is 0 Å². The Morgan fingerprint density at radius 3 is 2.47 bits per heavy atom. The number of hydrogen-bond acceptors (Lipinski definition) is 3. The summed E-state index contributed by atoms with van der Waals surface area (Å²) in [7, 11) is 0. The molecule has 1 aromatic rings. The molecule has 1 rings (SSSR count). The van der Waals surface area contributed by atoms with Crippen LogP contribution in [0.5, 0.6) is 0 Å². The van der Waals surface area contributed by atoms with Gasteiger partial charge in [-0.1, -0.05) is 30.3 Å². The fourth-order valence-corrected chi connectivity index (χ4v) is 1.12. The zero-order valence-corrected chi connectivity index (χ0v) is 8.27. The number of nitrogens with zero attached hydrogens (tertiary/aromatic N) is 2. The second kappa shape index (κ2) is 6.23. The smallest absolute Gasteiger partial charge is 0.145 e. The average Bonchev–Trinajstić information content (AvgIpc) is 2.31. The number of rotatable bonds is 4. The van der Waals surface area contributed by atoms with Crippen LogP contribution in [-0.4, -0.2) is 6.54 Å². The molecule has 0 aliphatic rings. The summed E-state index contributed by atoms with van der Waals surface area (Å²) in [6.07, 6.45) is 2.32. The average molecular weight is 197 g/mol. The molecule has 0 fully saturated rings. The summed E-state index contributed by atoms with van der Waals surface area (Å²) >= 11 is 0. The van der Waals surface area contributed by atoms with Crippen LogP contribution in [0.25, 0.3) is 0 Å². The molecule has 1 N–H and O–H groups in total. The van der Waals surface area contributed by atoms with E-state index in [2.05, 4.69) is 5.32 Å². The second-order valence-electron chi connectivity index (χ2n) is 2.97. The molecule has 15 heavy (non-hydrogen) atoms. The number of nitriles is 2. The number of benzene rings is 1. The van der Waals surface area contributed by atoms with E-state index >= 15 is 0 Å². The first-order valence-corrected chi connectivity index (χ1v) is 4.64. The van der Waals surface area contributed by atoms with E-state index in [0.29, 0.717) is 0 Å². The molecule has 0 bridgehead atoms. The van der Waals surface area contributed by atoms with Crippen molar-refractivity contribution in [2.45, 2.75) is 6.42 Å². The summed E-state index contributed by atoms with van der Waals surface area (Å²) in [5.41, 5.74) is 1.33. The molecule has 0 saturated carbocycles. The number of nitrogens with one attached hydrogen (secondary N) is 1. The van der Waals surface area contributed by atoms with Crippen molar-refractivity contribution in [2.75, 3.05) is 6.54 Å². The maximum Gasteiger partial charge on any atom is 0.145 e. The highest BCUT2D eigenvalue weighted by molar-refractivity contribution is 5.34. The summed E-state index contributed by atoms with van der Waals surface area (Å²) < 4.78 is 0. The van der Waals surface area contributed by atoms with E-state index in [1.54, 1.807) is 12.1 Å². The quantitative estimate of drug-likeness (QED) is 0.591. The Labute approximate surface area is 89.3 Å². The molecule has 0 spiro atoms. The molecule has 1 aromatic carbocycles. The fourth-order valence-electron chi connectivity index (χ4n) is 1.12. The lowest BCUT2D eigenvalue weighted by Crippen LogP contribution is -2.10. The summed E-state index contributed by atoms with van der Waals surface area (Å²) in [6, 6.07) is 13.6. The van der Waals surface area contributed by atoms with Gasteiger partial charge in [-0.25, -0.2) is 0 Å². The highest BCUT2D eigenvalue weighted by Gasteiger charge is 1.91. The molecular weight excluding hydrogens is 186 g/mol. The van der Waals surface area contributed by atoms with Crippen molar-refractivity contribution < 1.29 is 0 Å². The molecular formula is C12H11N3. The van der Waals surface area contributed by atoms with Gasteiger partial charge in [-0.3, -0.25) is 0 Å². The lowest BCUT2D eigenvalue weighted by Gasteiger charge is -2.00. The predicted molar refractivity (Wildman–Crippen MR) is 57.5 cm³/mol. The van der Waals surface area contributed by atoms with Gasteiger partial charge in [0.15, 0.2) is 0 Å². The lowest BCUT2D eigenvalue weighted by atomic mass is 10.1. The molecule has 0 amide bonds. The van der Waals surface area contributed by atoms with E-state index in [1.165, 1.54) is 11.8 Å². The van der Waals surface area contributed by atoms with Gasteiger partial charge in [0.2, 0.25) is 0 Å². The number of allylic oxidation sites excluding steroid dienone is 1. The third kappa shape index (κ3) is 3.97. The Balaban J connectivity index is 2.33. The minimum atomic E-state index is 0.100. The predicted octanol–water partition coefficient (Wildman–Crippen LogP) is 1.75. The van der Waals surface area contributed by atoms with Crippen LogP contribution in [0.2, 0.25) is 0 Å². The van der Waals surface area contributed by atoms with Gasteiger partial charge in [-0.2, -0.15) is 10.5 Å². The SMILES string of the molecule is N#CC(C#N)=CNCCc1ccccc1. The third-order valence-corrected chi connectivity index (χ3v) is 1.89. The minimum absolute atomic E-state index is 0.100. The first-order valence-electron chi connectivity index (χ1n) is 4.64. The van der Waals surface area contributed by atoms with Gasteiger partial charge in [0.05, 0.1) is 0 Å². The van der Waals surface area contributed by atoms with Crippen molar-refractivity contribution in [1.82, 2.24) is 5.32 Å². The van der Waals surface area contributed by atoms with Gasteiger partial charge in [0.25, 0.3) is 0 Å². The fraction of sp³-hybridized carbons (Fsp3) is 0.167. The molecule has 3 heteroatoms. The topological polar surface area (TPSA) is 59.6 Å². The van der Waals surface area contributed by atoms with Crippen molar-refractivity contribution in [2.24, 2.45) is 0 Å². The molecule has 74 valence electrons. The van der Waals surface area contributed by atoms with Crippen molar-refractivity contribution in [3.8, 4) is 12.1 Å². The van der Waals surface area contributed by atoms with E-state index in [4.69, 9.17) is 10.5 Å². The van der Waals surface area contributed by atoms with Gasteiger partial charge in [-0.05, 0) is 12.0 Å². The highest BCUT2D eigenvalue weighted by atomic mass is 14.8. The maximum atomic E-state index is 8.46. The normalized spacial score (nSPS) is 8.40. The zero-order valence-electron chi connectivity index (χ0n) is 8.27. The van der Waals surface area contributed by atoms with E-state index in [0.717, 1.165) is 13.0 Å².